The summed E-state index contributed by atoms with van der Waals surface area (Å²) in [4.78, 5) is 2.23. The maximum absolute atomic E-state index is 13.0. The number of nitrogens with zero attached hydrogens (tertiary/aromatic N) is 1. The van der Waals surface area contributed by atoms with Crippen molar-refractivity contribution in [3.05, 3.63) is 34.1 Å². The third-order valence-corrected chi connectivity index (χ3v) is 3.31. The van der Waals surface area contributed by atoms with E-state index in [0.717, 1.165) is 29.7 Å². The standard InChI is InChI=1S/C12H18BrFN2/c1-3-16(2)7-6-15-9-10-8-11(14)4-5-12(10)13/h4-5,8,15H,3,6-7,9H2,1-2H3. The monoisotopic (exact) mass is 288 g/mol. The van der Waals surface area contributed by atoms with Crippen molar-refractivity contribution in [1.82, 2.24) is 10.2 Å². The van der Waals surface area contributed by atoms with Crippen molar-refractivity contribution >= 4 is 15.9 Å². The lowest BCUT2D eigenvalue weighted by Crippen LogP contribution is -2.28. The van der Waals surface area contributed by atoms with Gasteiger partial charge < -0.3 is 10.2 Å². The molecule has 0 amide bonds. The molecule has 0 heterocycles. The summed E-state index contributed by atoms with van der Waals surface area (Å²) in [6.45, 7) is 5.78. The van der Waals surface area contributed by atoms with Crippen LogP contribution in [0.3, 0.4) is 0 Å². The molecule has 0 bridgehead atoms. The Balaban J connectivity index is 2.34. The van der Waals surface area contributed by atoms with Crippen molar-refractivity contribution in [2.24, 2.45) is 0 Å². The van der Waals surface area contributed by atoms with E-state index in [0.29, 0.717) is 6.54 Å². The average Bonchev–Trinajstić information content (AvgIpc) is 2.28. The minimum atomic E-state index is -0.189. The van der Waals surface area contributed by atoms with Crippen LogP contribution < -0.4 is 5.32 Å². The van der Waals surface area contributed by atoms with E-state index in [1.165, 1.54) is 6.07 Å². The number of likely N-dealkylation sites (N-methyl/N-ethyl adjacent to an activating group) is 1. The highest BCUT2D eigenvalue weighted by Gasteiger charge is 2.01. The number of nitrogens with one attached hydrogen (secondary N) is 1. The van der Waals surface area contributed by atoms with E-state index in [2.05, 4.69) is 40.1 Å². The Morgan fingerprint density at radius 2 is 2.19 bits per heavy atom. The van der Waals surface area contributed by atoms with Crippen molar-refractivity contribution < 1.29 is 4.39 Å². The Bertz CT molecular complexity index is 331. The van der Waals surface area contributed by atoms with Crippen LogP contribution in [-0.2, 0) is 6.54 Å². The predicted octanol–water partition coefficient (Wildman–Crippen LogP) is 2.63. The zero-order valence-electron chi connectivity index (χ0n) is 9.76. The highest BCUT2D eigenvalue weighted by atomic mass is 79.9. The van der Waals surface area contributed by atoms with Gasteiger partial charge in [-0.05, 0) is 37.4 Å². The van der Waals surface area contributed by atoms with Gasteiger partial charge in [-0.25, -0.2) is 4.39 Å². The molecule has 0 aliphatic rings. The molecule has 0 aromatic heterocycles. The predicted molar refractivity (Wildman–Crippen MR) is 69.0 cm³/mol. The number of benzene rings is 1. The van der Waals surface area contributed by atoms with E-state index >= 15 is 0 Å². The molecule has 0 saturated heterocycles. The topological polar surface area (TPSA) is 15.3 Å². The Hall–Kier alpha value is -0.450. The van der Waals surface area contributed by atoms with Gasteiger partial charge in [-0.15, -0.1) is 0 Å². The van der Waals surface area contributed by atoms with Crippen LogP contribution >= 0.6 is 15.9 Å². The van der Waals surface area contributed by atoms with Gasteiger partial charge in [-0.1, -0.05) is 22.9 Å². The summed E-state index contributed by atoms with van der Waals surface area (Å²) >= 11 is 3.41. The average molecular weight is 289 g/mol. The second-order valence-corrected chi connectivity index (χ2v) is 4.66. The highest BCUT2D eigenvalue weighted by Crippen LogP contribution is 2.17. The van der Waals surface area contributed by atoms with Gasteiger partial charge in [0.2, 0.25) is 0 Å². The third kappa shape index (κ3) is 4.60. The summed E-state index contributed by atoms with van der Waals surface area (Å²) in [5, 5.41) is 3.30. The Morgan fingerprint density at radius 3 is 2.88 bits per heavy atom. The SMILES string of the molecule is CCN(C)CCNCc1cc(F)ccc1Br. The number of hydrogen-bond acceptors (Lipinski definition) is 2. The molecule has 1 aromatic carbocycles. The molecule has 1 rings (SSSR count). The van der Waals surface area contributed by atoms with Crippen molar-refractivity contribution in [3.63, 3.8) is 0 Å². The zero-order valence-corrected chi connectivity index (χ0v) is 11.3. The van der Waals surface area contributed by atoms with Gasteiger partial charge in [-0.2, -0.15) is 0 Å². The number of hydrogen-bond donors (Lipinski definition) is 1. The Kier molecular flexibility index (Phi) is 5.95. The summed E-state index contributed by atoms with van der Waals surface area (Å²) in [6.07, 6.45) is 0. The van der Waals surface area contributed by atoms with Crippen LogP contribution in [0.5, 0.6) is 0 Å². The van der Waals surface area contributed by atoms with E-state index < -0.39 is 0 Å². The molecule has 90 valence electrons. The van der Waals surface area contributed by atoms with E-state index in [1.54, 1.807) is 12.1 Å². The fraction of sp³-hybridized carbons (Fsp3) is 0.500. The molecule has 0 aliphatic carbocycles. The summed E-state index contributed by atoms with van der Waals surface area (Å²) < 4.78 is 13.9. The van der Waals surface area contributed by atoms with Gasteiger partial charge in [0.05, 0.1) is 0 Å². The Morgan fingerprint density at radius 1 is 1.44 bits per heavy atom. The molecule has 0 spiro atoms. The van der Waals surface area contributed by atoms with Gasteiger partial charge in [0, 0.05) is 24.1 Å². The van der Waals surface area contributed by atoms with Gasteiger partial charge >= 0.3 is 0 Å². The molecule has 0 unspecified atom stereocenters. The molecular weight excluding hydrogens is 271 g/mol. The lowest BCUT2D eigenvalue weighted by Gasteiger charge is -2.14. The molecule has 0 radical (unpaired) electrons. The van der Waals surface area contributed by atoms with Gasteiger partial charge in [-0.3, -0.25) is 0 Å². The lowest BCUT2D eigenvalue weighted by atomic mass is 10.2. The van der Waals surface area contributed by atoms with Crippen LogP contribution in [0.25, 0.3) is 0 Å². The molecule has 0 fully saturated rings. The van der Waals surface area contributed by atoms with Gasteiger partial charge in [0.25, 0.3) is 0 Å². The Labute approximate surface area is 105 Å². The van der Waals surface area contributed by atoms with Crippen LogP contribution in [0, 0.1) is 5.82 Å². The third-order valence-electron chi connectivity index (χ3n) is 2.53. The second-order valence-electron chi connectivity index (χ2n) is 3.81. The summed E-state index contributed by atoms with van der Waals surface area (Å²) in [6, 6.07) is 4.75. The van der Waals surface area contributed by atoms with Crippen LogP contribution in [-0.4, -0.2) is 31.6 Å². The van der Waals surface area contributed by atoms with Crippen LogP contribution in [0.15, 0.2) is 22.7 Å². The highest BCUT2D eigenvalue weighted by molar-refractivity contribution is 9.10. The molecule has 1 aromatic rings. The van der Waals surface area contributed by atoms with Gasteiger partial charge in [0.1, 0.15) is 5.82 Å². The van der Waals surface area contributed by atoms with Crippen molar-refractivity contribution in [2.75, 3.05) is 26.7 Å². The minimum absolute atomic E-state index is 0.189. The number of halogens is 2. The molecular formula is C12H18BrFN2. The quantitative estimate of drug-likeness (QED) is 0.810. The molecule has 0 saturated carbocycles. The zero-order chi connectivity index (χ0) is 12.0. The number of rotatable bonds is 6. The summed E-state index contributed by atoms with van der Waals surface area (Å²) in [5.74, 6) is -0.189. The largest absolute Gasteiger partial charge is 0.311 e. The summed E-state index contributed by atoms with van der Waals surface area (Å²) in [5.41, 5.74) is 0.958. The second kappa shape index (κ2) is 6.99. The fourth-order valence-electron chi connectivity index (χ4n) is 1.33. The van der Waals surface area contributed by atoms with E-state index in [9.17, 15) is 4.39 Å². The first-order chi connectivity index (χ1) is 7.63. The van der Waals surface area contributed by atoms with E-state index in [4.69, 9.17) is 0 Å². The van der Waals surface area contributed by atoms with Crippen LogP contribution in [0.4, 0.5) is 4.39 Å². The van der Waals surface area contributed by atoms with E-state index in [-0.39, 0.29) is 5.82 Å². The van der Waals surface area contributed by atoms with Crippen LogP contribution in [0.1, 0.15) is 12.5 Å². The normalized spacial score (nSPS) is 11.1. The lowest BCUT2D eigenvalue weighted by molar-refractivity contribution is 0.349. The smallest absolute Gasteiger partial charge is 0.123 e. The first-order valence-corrected chi connectivity index (χ1v) is 6.26. The van der Waals surface area contributed by atoms with E-state index in [1.807, 2.05) is 0 Å². The molecule has 0 atom stereocenters. The summed E-state index contributed by atoms with van der Waals surface area (Å²) in [7, 11) is 2.08. The minimum Gasteiger partial charge on any atom is -0.311 e. The first-order valence-electron chi connectivity index (χ1n) is 5.46. The molecule has 2 nitrogen and oxygen atoms in total. The molecule has 4 heteroatoms. The molecule has 0 aliphatic heterocycles. The maximum Gasteiger partial charge on any atom is 0.123 e. The molecule has 1 N–H and O–H groups in total. The van der Waals surface area contributed by atoms with Gasteiger partial charge in [0.15, 0.2) is 0 Å². The van der Waals surface area contributed by atoms with Crippen LogP contribution in [0.2, 0.25) is 0 Å². The fourth-order valence-corrected chi connectivity index (χ4v) is 1.72. The first kappa shape index (κ1) is 13.6. The maximum atomic E-state index is 13.0. The molecule has 16 heavy (non-hydrogen) atoms. The van der Waals surface area contributed by atoms with Crippen molar-refractivity contribution in [3.8, 4) is 0 Å². The van der Waals surface area contributed by atoms with Crippen molar-refractivity contribution in [1.29, 1.82) is 0 Å². The van der Waals surface area contributed by atoms with Crippen molar-refractivity contribution in [2.45, 2.75) is 13.5 Å².